The second-order valence-corrected chi connectivity index (χ2v) is 4.91. The smallest absolute Gasteiger partial charge is 0.123 e. The van der Waals surface area contributed by atoms with E-state index in [1.54, 1.807) is 6.07 Å². The Kier molecular flexibility index (Phi) is 4.30. The maximum Gasteiger partial charge on any atom is 0.123 e. The van der Waals surface area contributed by atoms with Gasteiger partial charge < -0.3 is 0 Å². The minimum absolute atomic E-state index is 0.0315. The maximum absolute atomic E-state index is 13.1. The van der Waals surface area contributed by atoms with Crippen LogP contribution >= 0.6 is 0 Å². The summed E-state index contributed by atoms with van der Waals surface area (Å²) in [4.78, 5) is 0. The van der Waals surface area contributed by atoms with Crippen molar-refractivity contribution in [3.05, 3.63) is 70.5 Å². The molecule has 0 fully saturated rings. The van der Waals surface area contributed by atoms with E-state index in [1.165, 1.54) is 11.6 Å². The number of hydrogen-bond acceptors (Lipinski definition) is 2. The van der Waals surface area contributed by atoms with Crippen molar-refractivity contribution in [1.29, 1.82) is 0 Å². The van der Waals surface area contributed by atoms with E-state index in [0.717, 1.165) is 23.1 Å². The number of halogens is 1. The molecule has 100 valence electrons. The molecule has 2 aromatic rings. The Morgan fingerprint density at radius 3 is 2.58 bits per heavy atom. The van der Waals surface area contributed by atoms with Gasteiger partial charge >= 0.3 is 0 Å². The van der Waals surface area contributed by atoms with Crippen LogP contribution in [-0.4, -0.2) is 0 Å². The Morgan fingerprint density at radius 1 is 1.16 bits per heavy atom. The van der Waals surface area contributed by atoms with E-state index in [9.17, 15) is 4.39 Å². The van der Waals surface area contributed by atoms with Gasteiger partial charge in [0, 0.05) is 6.04 Å². The summed E-state index contributed by atoms with van der Waals surface area (Å²) >= 11 is 0. The molecule has 0 heterocycles. The minimum Gasteiger partial charge on any atom is -0.271 e. The Hall–Kier alpha value is -1.71. The van der Waals surface area contributed by atoms with Crippen LogP contribution in [0.5, 0.6) is 0 Å². The molecule has 0 saturated carbocycles. The number of benzene rings is 2. The highest BCUT2D eigenvalue weighted by atomic mass is 19.1. The molecular weight excluding hydrogens is 239 g/mol. The molecule has 1 atom stereocenters. The Balaban J connectivity index is 2.24. The predicted octanol–water partition coefficient (Wildman–Crippen LogP) is 3.19. The number of nitrogens with one attached hydrogen (secondary N) is 1. The maximum atomic E-state index is 13.1. The fraction of sp³-hybridized carbons (Fsp3) is 0.250. The van der Waals surface area contributed by atoms with Crippen LogP contribution in [0.3, 0.4) is 0 Å². The van der Waals surface area contributed by atoms with Gasteiger partial charge in [-0.3, -0.25) is 11.3 Å². The average Bonchev–Trinajstić information content (AvgIpc) is 2.38. The third kappa shape index (κ3) is 3.40. The molecule has 0 radical (unpaired) electrons. The Labute approximate surface area is 113 Å². The van der Waals surface area contributed by atoms with Crippen LogP contribution in [0.1, 0.15) is 28.3 Å². The summed E-state index contributed by atoms with van der Waals surface area (Å²) in [6, 6.07) is 13.1. The SMILES string of the molecule is Cc1cccc(C(Cc2ccc(F)cc2C)NN)c1. The summed E-state index contributed by atoms with van der Waals surface area (Å²) in [6.45, 7) is 3.97. The molecule has 2 aromatic carbocycles. The zero-order valence-corrected chi connectivity index (χ0v) is 11.3. The molecule has 2 rings (SSSR count). The van der Waals surface area contributed by atoms with Crippen molar-refractivity contribution in [1.82, 2.24) is 5.43 Å². The number of aryl methyl sites for hydroxylation is 2. The largest absolute Gasteiger partial charge is 0.271 e. The number of nitrogens with two attached hydrogens (primary N) is 1. The van der Waals surface area contributed by atoms with Gasteiger partial charge in [-0.25, -0.2) is 4.39 Å². The molecular formula is C16H19FN2. The van der Waals surface area contributed by atoms with Crippen LogP contribution in [0.4, 0.5) is 4.39 Å². The molecule has 0 aliphatic heterocycles. The molecule has 0 saturated heterocycles. The van der Waals surface area contributed by atoms with E-state index in [-0.39, 0.29) is 11.9 Å². The van der Waals surface area contributed by atoms with Crippen molar-refractivity contribution < 1.29 is 4.39 Å². The summed E-state index contributed by atoms with van der Waals surface area (Å²) < 4.78 is 13.1. The van der Waals surface area contributed by atoms with Crippen LogP contribution in [0.25, 0.3) is 0 Å². The second kappa shape index (κ2) is 5.95. The molecule has 19 heavy (non-hydrogen) atoms. The van der Waals surface area contributed by atoms with Crippen molar-refractivity contribution in [3.8, 4) is 0 Å². The monoisotopic (exact) mass is 258 g/mol. The zero-order valence-electron chi connectivity index (χ0n) is 11.3. The Bertz CT molecular complexity index is 566. The summed E-state index contributed by atoms with van der Waals surface area (Å²) in [7, 11) is 0. The number of rotatable bonds is 4. The quantitative estimate of drug-likeness (QED) is 0.653. The zero-order chi connectivity index (χ0) is 13.8. The van der Waals surface area contributed by atoms with E-state index in [2.05, 4.69) is 30.5 Å². The van der Waals surface area contributed by atoms with Crippen LogP contribution in [0, 0.1) is 19.7 Å². The summed E-state index contributed by atoms with van der Waals surface area (Å²) in [5.74, 6) is 5.46. The first kappa shape index (κ1) is 13.7. The summed E-state index contributed by atoms with van der Waals surface area (Å²) in [5.41, 5.74) is 7.24. The molecule has 3 heteroatoms. The predicted molar refractivity (Wildman–Crippen MR) is 76.1 cm³/mol. The molecule has 0 bridgehead atoms. The van der Waals surface area contributed by atoms with Crippen molar-refractivity contribution >= 4 is 0 Å². The van der Waals surface area contributed by atoms with Gasteiger partial charge in [-0.2, -0.15) is 0 Å². The molecule has 0 aromatic heterocycles. The standard InChI is InChI=1S/C16H19FN2/c1-11-4-3-5-14(8-11)16(19-18)10-13-6-7-15(17)9-12(13)2/h3-9,16,19H,10,18H2,1-2H3. The highest BCUT2D eigenvalue weighted by Gasteiger charge is 2.12. The number of hydrogen-bond donors (Lipinski definition) is 2. The van der Waals surface area contributed by atoms with Crippen LogP contribution in [0.15, 0.2) is 42.5 Å². The average molecular weight is 258 g/mol. The van der Waals surface area contributed by atoms with Crippen LogP contribution in [-0.2, 0) is 6.42 Å². The van der Waals surface area contributed by atoms with Gasteiger partial charge in [-0.1, -0.05) is 35.9 Å². The van der Waals surface area contributed by atoms with Gasteiger partial charge in [-0.05, 0) is 49.1 Å². The van der Waals surface area contributed by atoms with Crippen molar-refractivity contribution in [3.63, 3.8) is 0 Å². The van der Waals surface area contributed by atoms with E-state index in [4.69, 9.17) is 5.84 Å². The first-order chi connectivity index (χ1) is 9.10. The molecule has 0 aliphatic carbocycles. The lowest BCUT2D eigenvalue weighted by molar-refractivity contribution is 0.549. The lowest BCUT2D eigenvalue weighted by Gasteiger charge is -2.18. The highest BCUT2D eigenvalue weighted by Crippen LogP contribution is 2.21. The third-order valence-electron chi connectivity index (χ3n) is 3.37. The molecule has 0 aliphatic rings. The normalized spacial score (nSPS) is 12.4. The molecule has 2 nitrogen and oxygen atoms in total. The molecule has 0 amide bonds. The van der Waals surface area contributed by atoms with Gasteiger partial charge in [0.05, 0.1) is 0 Å². The lowest BCUT2D eigenvalue weighted by atomic mass is 9.95. The van der Waals surface area contributed by atoms with Gasteiger partial charge in [0.1, 0.15) is 5.82 Å². The van der Waals surface area contributed by atoms with Crippen molar-refractivity contribution in [2.24, 2.45) is 5.84 Å². The highest BCUT2D eigenvalue weighted by molar-refractivity contribution is 5.31. The fourth-order valence-corrected chi connectivity index (χ4v) is 2.27. The van der Waals surface area contributed by atoms with E-state index in [0.29, 0.717) is 0 Å². The fourth-order valence-electron chi connectivity index (χ4n) is 2.27. The lowest BCUT2D eigenvalue weighted by Crippen LogP contribution is -2.29. The van der Waals surface area contributed by atoms with Crippen molar-refractivity contribution in [2.75, 3.05) is 0 Å². The molecule has 3 N–H and O–H groups in total. The Morgan fingerprint density at radius 2 is 1.95 bits per heavy atom. The summed E-state index contributed by atoms with van der Waals surface area (Å²) in [6.07, 6.45) is 0.742. The second-order valence-electron chi connectivity index (χ2n) is 4.91. The van der Waals surface area contributed by atoms with E-state index >= 15 is 0 Å². The topological polar surface area (TPSA) is 38.0 Å². The molecule has 1 unspecified atom stereocenters. The van der Waals surface area contributed by atoms with Gasteiger partial charge in [0.15, 0.2) is 0 Å². The van der Waals surface area contributed by atoms with E-state index in [1.807, 2.05) is 19.1 Å². The van der Waals surface area contributed by atoms with Gasteiger partial charge in [0.25, 0.3) is 0 Å². The first-order valence-electron chi connectivity index (χ1n) is 6.38. The minimum atomic E-state index is -0.200. The van der Waals surface area contributed by atoms with Gasteiger partial charge in [-0.15, -0.1) is 0 Å². The van der Waals surface area contributed by atoms with Crippen LogP contribution < -0.4 is 11.3 Å². The molecule has 0 spiro atoms. The number of hydrazine groups is 1. The van der Waals surface area contributed by atoms with E-state index < -0.39 is 0 Å². The van der Waals surface area contributed by atoms with Crippen molar-refractivity contribution in [2.45, 2.75) is 26.3 Å². The van der Waals surface area contributed by atoms with Gasteiger partial charge in [0.2, 0.25) is 0 Å². The van der Waals surface area contributed by atoms with Crippen LogP contribution in [0.2, 0.25) is 0 Å². The first-order valence-corrected chi connectivity index (χ1v) is 6.38. The summed E-state index contributed by atoms with van der Waals surface area (Å²) in [5, 5.41) is 0. The third-order valence-corrected chi connectivity index (χ3v) is 3.37.